The van der Waals surface area contributed by atoms with Crippen LogP contribution in [0.2, 0.25) is 0 Å². The summed E-state index contributed by atoms with van der Waals surface area (Å²) >= 11 is 0. The van der Waals surface area contributed by atoms with Crippen LogP contribution in [0.25, 0.3) is 0 Å². The van der Waals surface area contributed by atoms with Gasteiger partial charge in [0.25, 0.3) is 0 Å². The van der Waals surface area contributed by atoms with Gasteiger partial charge in [-0.1, -0.05) is 19.3 Å². The number of halogens is 1. The normalized spacial score (nSPS) is 21.9. The zero-order valence-corrected chi connectivity index (χ0v) is 7.19. The Hall–Kier alpha value is -0.280. The molecule has 3 N–H and O–H groups in total. The van der Waals surface area contributed by atoms with Crippen LogP contribution in [0.15, 0.2) is 0 Å². The minimum Gasteiger partial charge on any atom is -0.480 e. The van der Waals surface area contributed by atoms with Crippen LogP contribution in [0, 0.1) is 0 Å². The van der Waals surface area contributed by atoms with E-state index in [1.165, 1.54) is 0 Å². The maximum atomic E-state index is 10.6. The van der Waals surface area contributed by atoms with Gasteiger partial charge in [0.1, 0.15) is 5.54 Å². The van der Waals surface area contributed by atoms with E-state index in [1.54, 1.807) is 0 Å². The van der Waals surface area contributed by atoms with E-state index in [1.807, 2.05) is 0 Å². The van der Waals surface area contributed by atoms with Crippen LogP contribution < -0.4 is 5.73 Å². The summed E-state index contributed by atoms with van der Waals surface area (Å²) in [5, 5.41) is 8.67. The fourth-order valence-corrected chi connectivity index (χ4v) is 1.40. The molecule has 0 unspecified atom stereocenters. The Kier molecular flexibility index (Phi) is 3.83. The predicted molar refractivity (Wildman–Crippen MR) is 44.9 cm³/mol. The van der Waals surface area contributed by atoms with Crippen LogP contribution in [-0.4, -0.2) is 16.6 Å². The minimum absolute atomic E-state index is 0. The van der Waals surface area contributed by atoms with E-state index in [4.69, 9.17) is 10.8 Å². The summed E-state index contributed by atoms with van der Waals surface area (Å²) in [5.41, 5.74) is 4.70. The maximum absolute atomic E-state index is 10.6. The Morgan fingerprint density at radius 3 is 2.00 bits per heavy atom. The second-order valence-electron chi connectivity index (χ2n) is 3.02. The van der Waals surface area contributed by atoms with Gasteiger partial charge in [-0.05, 0) is 12.8 Å². The van der Waals surface area contributed by atoms with Gasteiger partial charge in [0.2, 0.25) is 0 Å². The van der Waals surface area contributed by atoms with Crippen LogP contribution in [0.4, 0.5) is 0 Å². The van der Waals surface area contributed by atoms with Crippen LogP contribution in [0.5, 0.6) is 0 Å². The summed E-state index contributed by atoms with van der Waals surface area (Å²) in [6.45, 7) is 0. The highest BCUT2D eigenvalue weighted by molar-refractivity contribution is 5.85. The molecule has 0 amide bonds. The Morgan fingerprint density at radius 2 is 1.73 bits per heavy atom. The van der Waals surface area contributed by atoms with E-state index in [0.717, 1.165) is 19.3 Å². The summed E-state index contributed by atoms with van der Waals surface area (Å²) in [6.07, 6.45) is 4.34. The highest BCUT2D eigenvalue weighted by Gasteiger charge is 2.34. The van der Waals surface area contributed by atoms with Gasteiger partial charge in [0, 0.05) is 0 Å². The molecule has 66 valence electrons. The molecule has 4 heteroatoms. The van der Waals surface area contributed by atoms with Crippen molar-refractivity contribution in [2.75, 3.05) is 0 Å². The van der Waals surface area contributed by atoms with Crippen LogP contribution in [-0.2, 0) is 4.79 Å². The molecule has 0 aromatic carbocycles. The quantitative estimate of drug-likeness (QED) is 0.635. The number of aliphatic carboxylic acids is 1. The molecule has 0 aromatic rings. The van der Waals surface area contributed by atoms with Gasteiger partial charge in [0.15, 0.2) is 0 Å². The Balaban J connectivity index is 0.000001000. The van der Waals surface area contributed by atoms with Gasteiger partial charge in [-0.15, -0.1) is 12.4 Å². The number of rotatable bonds is 1. The topological polar surface area (TPSA) is 63.3 Å². The fraction of sp³-hybridized carbons (Fsp3) is 0.857. The largest absolute Gasteiger partial charge is 0.480 e. The van der Waals surface area contributed by atoms with Crippen molar-refractivity contribution in [2.45, 2.75) is 37.6 Å². The molecule has 0 saturated heterocycles. The summed E-state index contributed by atoms with van der Waals surface area (Å²) in [7, 11) is 0. The molecular weight excluding hydrogens is 166 g/mol. The molecule has 0 heterocycles. The van der Waals surface area contributed by atoms with Gasteiger partial charge >= 0.3 is 5.97 Å². The number of carboxylic acid groups (broad SMARTS) is 1. The van der Waals surface area contributed by atoms with Gasteiger partial charge < -0.3 is 10.8 Å². The first-order chi connectivity index (χ1) is 4.65. The van der Waals surface area contributed by atoms with E-state index in [9.17, 15) is 4.79 Å². The molecule has 0 bridgehead atoms. The first kappa shape index (κ1) is 10.7. The molecule has 11 heavy (non-hydrogen) atoms. The van der Waals surface area contributed by atoms with Crippen LogP contribution in [0.3, 0.4) is 0 Å². The zero-order valence-electron chi connectivity index (χ0n) is 6.38. The second-order valence-corrected chi connectivity index (χ2v) is 3.02. The molecule has 0 spiro atoms. The Labute approximate surface area is 72.4 Å². The van der Waals surface area contributed by atoms with E-state index in [2.05, 4.69) is 0 Å². The number of carboxylic acids is 1. The molecule has 0 radical (unpaired) electrons. The molecular formula is C7H14ClNO2. The SMILES string of the molecule is Cl.NC1(C(=O)O)CCCCC1. The van der Waals surface area contributed by atoms with E-state index in [-0.39, 0.29) is 12.4 Å². The fourth-order valence-electron chi connectivity index (χ4n) is 1.40. The third-order valence-corrected chi connectivity index (χ3v) is 2.17. The monoisotopic (exact) mass is 179 g/mol. The third-order valence-electron chi connectivity index (χ3n) is 2.17. The lowest BCUT2D eigenvalue weighted by atomic mass is 9.83. The zero-order chi connectivity index (χ0) is 7.61. The van der Waals surface area contributed by atoms with Crippen molar-refractivity contribution in [1.29, 1.82) is 0 Å². The Morgan fingerprint density at radius 1 is 1.27 bits per heavy atom. The van der Waals surface area contributed by atoms with Gasteiger partial charge in [-0.2, -0.15) is 0 Å². The van der Waals surface area contributed by atoms with Crippen molar-refractivity contribution in [3.05, 3.63) is 0 Å². The molecule has 1 rings (SSSR count). The van der Waals surface area contributed by atoms with Crippen molar-refractivity contribution in [3.8, 4) is 0 Å². The highest BCUT2D eigenvalue weighted by Crippen LogP contribution is 2.25. The van der Waals surface area contributed by atoms with E-state index in [0.29, 0.717) is 12.8 Å². The molecule has 0 aliphatic heterocycles. The van der Waals surface area contributed by atoms with E-state index < -0.39 is 11.5 Å². The maximum Gasteiger partial charge on any atom is 0.323 e. The predicted octanol–water partition coefficient (Wildman–Crippen LogP) is 1.15. The lowest BCUT2D eigenvalue weighted by Crippen LogP contribution is -2.49. The summed E-state index contributed by atoms with van der Waals surface area (Å²) in [6, 6.07) is 0. The van der Waals surface area contributed by atoms with Crippen molar-refractivity contribution in [3.63, 3.8) is 0 Å². The minimum atomic E-state index is -0.905. The standard InChI is InChI=1S/C7H13NO2.ClH/c8-7(6(9)10)4-2-1-3-5-7;/h1-5,8H2,(H,9,10);1H. The number of carbonyl (C=O) groups is 1. The van der Waals surface area contributed by atoms with Gasteiger partial charge in [-0.3, -0.25) is 4.79 Å². The number of hydrogen-bond acceptors (Lipinski definition) is 2. The summed E-state index contributed by atoms with van der Waals surface area (Å²) in [4.78, 5) is 10.6. The van der Waals surface area contributed by atoms with Gasteiger partial charge in [-0.25, -0.2) is 0 Å². The van der Waals surface area contributed by atoms with Crippen molar-refractivity contribution in [2.24, 2.45) is 5.73 Å². The average molecular weight is 180 g/mol. The number of nitrogens with two attached hydrogens (primary N) is 1. The molecule has 1 aliphatic carbocycles. The second kappa shape index (κ2) is 3.93. The number of hydrogen-bond donors (Lipinski definition) is 2. The van der Waals surface area contributed by atoms with Crippen molar-refractivity contribution in [1.82, 2.24) is 0 Å². The van der Waals surface area contributed by atoms with Crippen LogP contribution in [0.1, 0.15) is 32.1 Å². The molecule has 1 saturated carbocycles. The highest BCUT2D eigenvalue weighted by atomic mass is 35.5. The third kappa shape index (κ3) is 2.34. The summed E-state index contributed by atoms with van der Waals surface area (Å²) < 4.78 is 0. The lowest BCUT2D eigenvalue weighted by molar-refractivity contribution is -0.144. The molecule has 0 aromatic heterocycles. The smallest absolute Gasteiger partial charge is 0.323 e. The lowest BCUT2D eigenvalue weighted by Gasteiger charge is -2.28. The molecule has 1 aliphatic rings. The van der Waals surface area contributed by atoms with Crippen molar-refractivity contribution < 1.29 is 9.90 Å². The first-order valence-corrected chi connectivity index (χ1v) is 3.67. The van der Waals surface area contributed by atoms with E-state index >= 15 is 0 Å². The summed E-state index contributed by atoms with van der Waals surface area (Å²) in [5.74, 6) is -0.841. The average Bonchev–Trinajstić information content (AvgIpc) is 1.89. The van der Waals surface area contributed by atoms with Gasteiger partial charge in [0.05, 0.1) is 0 Å². The Bertz CT molecular complexity index is 143. The molecule has 0 atom stereocenters. The molecule has 1 fully saturated rings. The van der Waals surface area contributed by atoms with Crippen molar-refractivity contribution >= 4 is 18.4 Å². The first-order valence-electron chi connectivity index (χ1n) is 3.67. The van der Waals surface area contributed by atoms with Crippen LogP contribution >= 0.6 is 12.4 Å². The molecule has 3 nitrogen and oxygen atoms in total.